The summed E-state index contributed by atoms with van der Waals surface area (Å²) in [5, 5.41) is 9.59. The molecule has 1 N–H and O–H groups in total. The lowest BCUT2D eigenvalue weighted by Gasteiger charge is -2.24. The second kappa shape index (κ2) is 6.62. The average molecular weight is 230 g/mol. The second-order valence-corrected chi connectivity index (χ2v) is 3.84. The summed E-state index contributed by atoms with van der Waals surface area (Å²) in [7, 11) is 0. The van der Waals surface area contributed by atoms with Crippen molar-refractivity contribution in [1.29, 1.82) is 0 Å². The Hall–Kier alpha value is -0.910. The molecule has 5 heteroatoms. The van der Waals surface area contributed by atoms with Crippen molar-refractivity contribution in [3.8, 4) is 0 Å². The van der Waals surface area contributed by atoms with E-state index in [1.165, 1.54) is 0 Å². The minimum Gasteiger partial charge on any atom is -0.460 e. The van der Waals surface area contributed by atoms with Gasteiger partial charge >= 0.3 is 5.97 Å². The van der Waals surface area contributed by atoms with E-state index >= 15 is 0 Å². The van der Waals surface area contributed by atoms with Crippen LogP contribution in [0.4, 0.5) is 0 Å². The molecule has 1 saturated heterocycles. The predicted molar refractivity (Wildman–Crippen MR) is 57.0 cm³/mol. The largest absolute Gasteiger partial charge is 0.460 e. The van der Waals surface area contributed by atoms with Crippen LogP contribution in [-0.2, 0) is 19.0 Å². The van der Waals surface area contributed by atoms with Crippen molar-refractivity contribution < 1.29 is 24.1 Å². The molecule has 0 aromatic heterocycles. The van der Waals surface area contributed by atoms with Gasteiger partial charge < -0.3 is 19.3 Å². The molecule has 1 fully saturated rings. The van der Waals surface area contributed by atoms with Gasteiger partial charge in [0, 0.05) is 12.0 Å². The number of carbonyl (C=O) groups is 1. The van der Waals surface area contributed by atoms with Gasteiger partial charge in [-0.15, -0.1) is 0 Å². The van der Waals surface area contributed by atoms with Gasteiger partial charge in [-0.2, -0.15) is 0 Å². The first kappa shape index (κ1) is 13.2. The van der Waals surface area contributed by atoms with E-state index in [2.05, 4.69) is 6.58 Å². The Morgan fingerprint density at radius 2 is 2.38 bits per heavy atom. The van der Waals surface area contributed by atoms with Crippen LogP contribution in [0.15, 0.2) is 12.2 Å². The molecule has 5 nitrogen and oxygen atoms in total. The van der Waals surface area contributed by atoms with Gasteiger partial charge in [-0.1, -0.05) is 6.58 Å². The van der Waals surface area contributed by atoms with Crippen LogP contribution in [0.5, 0.6) is 0 Å². The van der Waals surface area contributed by atoms with E-state index in [0.717, 1.165) is 0 Å². The fourth-order valence-electron chi connectivity index (χ4n) is 1.34. The number of hydrogen-bond donors (Lipinski definition) is 1. The maximum absolute atomic E-state index is 11.1. The third-order valence-corrected chi connectivity index (χ3v) is 2.18. The molecule has 1 heterocycles. The zero-order valence-corrected chi connectivity index (χ0v) is 9.48. The van der Waals surface area contributed by atoms with E-state index in [4.69, 9.17) is 14.2 Å². The second-order valence-electron chi connectivity index (χ2n) is 3.84. The van der Waals surface area contributed by atoms with E-state index in [1.807, 2.05) is 0 Å². The molecule has 2 atom stereocenters. The average Bonchev–Trinajstić information content (AvgIpc) is 2.27. The maximum atomic E-state index is 11.1. The Balaban J connectivity index is 2.17. The summed E-state index contributed by atoms with van der Waals surface area (Å²) in [4.78, 5) is 11.1. The van der Waals surface area contributed by atoms with Crippen LogP contribution in [0, 0.1) is 0 Å². The van der Waals surface area contributed by atoms with Gasteiger partial charge in [0.2, 0.25) is 0 Å². The van der Waals surface area contributed by atoms with Crippen molar-refractivity contribution in [2.45, 2.75) is 25.6 Å². The van der Waals surface area contributed by atoms with Crippen molar-refractivity contribution in [2.75, 3.05) is 26.4 Å². The topological polar surface area (TPSA) is 65.0 Å². The fraction of sp³-hybridized carbons (Fsp3) is 0.727. The monoisotopic (exact) mass is 230 g/mol. The first-order chi connectivity index (χ1) is 7.59. The lowest BCUT2D eigenvalue weighted by molar-refractivity contribution is -0.144. The summed E-state index contributed by atoms with van der Waals surface area (Å²) in [6, 6.07) is 0. The Kier molecular flexibility index (Phi) is 5.45. The summed E-state index contributed by atoms with van der Waals surface area (Å²) in [6.45, 7) is 6.59. The molecule has 0 bridgehead atoms. The summed E-state index contributed by atoms with van der Waals surface area (Å²) in [6.07, 6.45) is -0.439. The number of esters is 1. The van der Waals surface area contributed by atoms with Gasteiger partial charge in [-0.3, -0.25) is 0 Å². The molecule has 1 aliphatic rings. The van der Waals surface area contributed by atoms with Crippen LogP contribution in [-0.4, -0.2) is 49.7 Å². The zero-order valence-electron chi connectivity index (χ0n) is 9.48. The molecule has 0 radical (unpaired) electrons. The Bertz CT molecular complexity index is 245. The molecule has 0 aliphatic carbocycles. The van der Waals surface area contributed by atoms with Crippen LogP contribution < -0.4 is 0 Å². The van der Waals surface area contributed by atoms with E-state index in [-0.39, 0.29) is 12.7 Å². The maximum Gasteiger partial charge on any atom is 0.333 e. The summed E-state index contributed by atoms with van der Waals surface area (Å²) >= 11 is 0. The lowest BCUT2D eigenvalue weighted by atomic mass is 10.1. The number of aliphatic hydroxyl groups is 1. The molecule has 1 aliphatic heterocycles. The smallest absolute Gasteiger partial charge is 0.333 e. The Morgan fingerprint density at radius 1 is 1.62 bits per heavy atom. The number of carbonyl (C=O) groups excluding carboxylic acids is 1. The van der Waals surface area contributed by atoms with Gasteiger partial charge in [-0.25, -0.2) is 4.79 Å². The number of ether oxygens (including phenoxy) is 3. The standard InChI is InChI=1S/C11H18O5/c1-8(2)11(13)16-6-9(12)5-10-7-14-3-4-15-10/h9-10,12H,1,3-7H2,2H3. The molecule has 16 heavy (non-hydrogen) atoms. The quantitative estimate of drug-likeness (QED) is 0.542. The number of hydrogen-bond acceptors (Lipinski definition) is 5. The van der Waals surface area contributed by atoms with E-state index in [9.17, 15) is 9.90 Å². The first-order valence-electron chi connectivity index (χ1n) is 5.29. The predicted octanol–water partition coefficient (Wildman–Crippen LogP) is 0.272. The molecular formula is C11H18O5. The van der Waals surface area contributed by atoms with Crippen molar-refractivity contribution in [3.63, 3.8) is 0 Å². The first-order valence-corrected chi connectivity index (χ1v) is 5.29. The highest BCUT2D eigenvalue weighted by molar-refractivity contribution is 5.86. The minimum atomic E-state index is -0.727. The molecule has 2 unspecified atom stereocenters. The minimum absolute atomic E-state index is 0.0362. The summed E-state index contributed by atoms with van der Waals surface area (Å²) in [5.74, 6) is -0.486. The highest BCUT2D eigenvalue weighted by Crippen LogP contribution is 2.08. The van der Waals surface area contributed by atoms with E-state index in [1.54, 1.807) is 6.92 Å². The van der Waals surface area contributed by atoms with E-state index < -0.39 is 12.1 Å². The van der Waals surface area contributed by atoms with Crippen LogP contribution in [0.1, 0.15) is 13.3 Å². The molecule has 0 spiro atoms. The number of rotatable bonds is 5. The van der Waals surface area contributed by atoms with Crippen molar-refractivity contribution >= 4 is 5.97 Å². The zero-order chi connectivity index (χ0) is 12.0. The Labute approximate surface area is 95.0 Å². The van der Waals surface area contributed by atoms with Gasteiger partial charge in [0.25, 0.3) is 0 Å². The van der Waals surface area contributed by atoms with Crippen molar-refractivity contribution in [2.24, 2.45) is 0 Å². The highest BCUT2D eigenvalue weighted by atomic mass is 16.6. The summed E-state index contributed by atoms with van der Waals surface area (Å²) in [5.41, 5.74) is 0.324. The van der Waals surface area contributed by atoms with Crippen molar-refractivity contribution in [3.05, 3.63) is 12.2 Å². The SMILES string of the molecule is C=C(C)C(=O)OCC(O)CC1COCCO1. The van der Waals surface area contributed by atoms with Crippen LogP contribution in [0.3, 0.4) is 0 Å². The van der Waals surface area contributed by atoms with Crippen LogP contribution >= 0.6 is 0 Å². The van der Waals surface area contributed by atoms with E-state index in [0.29, 0.717) is 31.8 Å². The van der Waals surface area contributed by atoms with Gasteiger partial charge in [-0.05, 0) is 6.92 Å². The Morgan fingerprint density at radius 3 is 2.94 bits per heavy atom. The molecule has 0 aromatic rings. The molecule has 0 aromatic carbocycles. The van der Waals surface area contributed by atoms with Gasteiger partial charge in [0.1, 0.15) is 6.61 Å². The molecule has 0 saturated carbocycles. The lowest BCUT2D eigenvalue weighted by Crippen LogP contribution is -2.33. The molecule has 0 amide bonds. The number of aliphatic hydroxyl groups excluding tert-OH is 1. The third-order valence-electron chi connectivity index (χ3n) is 2.18. The molecule has 92 valence electrons. The molecular weight excluding hydrogens is 212 g/mol. The van der Waals surface area contributed by atoms with Crippen molar-refractivity contribution in [1.82, 2.24) is 0 Å². The van der Waals surface area contributed by atoms with Gasteiger partial charge in [0.15, 0.2) is 0 Å². The van der Waals surface area contributed by atoms with Crippen LogP contribution in [0.25, 0.3) is 0 Å². The fourth-order valence-corrected chi connectivity index (χ4v) is 1.34. The van der Waals surface area contributed by atoms with Gasteiger partial charge in [0.05, 0.1) is 32.0 Å². The highest BCUT2D eigenvalue weighted by Gasteiger charge is 2.19. The van der Waals surface area contributed by atoms with Crippen LogP contribution in [0.2, 0.25) is 0 Å². The third kappa shape index (κ3) is 4.74. The summed E-state index contributed by atoms with van der Waals surface area (Å²) < 4.78 is 15.4. The normalized spacial score (nSPS) is 22.5. The molecule has 1 rings (SSSR count).